The number of amides is 1. The second kappa shape index (κ2) is 6.10. The molecular weight excluding hydrogens is 346 g/mol. The van der Waals surface area contributed by atoms with Gasteiger partial charge in [-0.2, -0.15) is 0 Å². The molecule has 2 aromatic carbocycles. The van der Waals surface area contributed by atoms with Crippen molar-refractivity contribution in [1.82, 2.24) is 0 Å². The van der Waals surface area contributed by atoms with Gasteiger partial charge in [0.2, 0.25) is 0 Å². The van der Waals surface area contributed by atoms with Gasteiger partial charge in [0, 0.05) is 0 Å². The fourth-order valence-corrected chi connectivity index (χ4v) is 3.21. The highest BCUT2D eigenvalue weighted by Gasteiger charge is 2.27. The van der Waals surface area contributed by atoms with Gasteiger partial charge in [-0.05, 0) is 58.1 Å². The van der Waals surface area contributed by atoms with Gasteiger partial charge in [0.1, 0.15) is 0 Å². The van der Waals surface area contributed by atoms with E-state index in [1.54, 1.807) is 12.1 Å². The van der Waals surface area contributed by atoms with Gasteiger partial charge >= 0.3 is 0 Å². The van der Waals surface area contributed by atoms with Crippen LogP contribution in [0.2, 0.25) is 0 Å². The third-order valence-corrected chi connectivity index (χ3v) is 4.30. The van der Waals surface area contributed by atoms with E-state index < -0.39 is 6.10 Å². The second-order valence-electron chi connectivity index (χ2n) is 5.33. The van der Waals surface area contributed by atoms with Crippen LogP contribution < -0.4 is 5.32 Å². The summed E-state index contributed by atoms with van der Waals surface area (Å²) in [6.07, 6.45) is 0.157. The molecule has 0 spiro atoms. The normalized spacial score (nSPS) is 16.9. The summed E-state index contributed by atoms with van der Waals surface area (Å²) in [4.78, 5) is 12.5. The number of benzene rings is 2. The van der Waals surface area contributed by atoms with Crippen molar-refractivity contribution in [3.05, 3.63) is 57.6 Å². The van der Waals surface area contributed by atoms with Crippen molar-refractivity contribution < 1.29 is 14.6 Å². The lowest BCUT2D eigenvalue weighted by molar-refractivity contribution is -0.128. The molecule has 1 unspecified atom stereocenters. The number of hydrogen-bond donors (Lipinski definition) is 2. The van der Waals surface area contributed by atoms with E-state index in [1.807, 2.05) is 31.2 Å². The lowest BCUT2D eigenvalue weighted by Gasteiger charge is -2.25. The number of phenolic OH excluding ortho intramolecular Hbond substituents is 1. The Kier molecular flexibility index (Phi) is 4.18. The minimum Gasteiger partial charge on any atom is -0.505 e. The number of aromatic hydroxyl groups is 1. The molecule has 0 bridgehead atoms. The molecular formula is C17H16BrNO3. The zero-order valence-corrected chi connectivity index (χ0v) is 13.7. The molecule has 1 heterocycles. The Labute approximate surface area is 137 Å². The molecule has 114 valence electrons. The molecule has 1 atom stereocenters. The Bertz CT molecular complexity index is 730. The summed E-state index contributed by atoms with van der Waals surface area (Å²) >= 11 is 3.28. The highest BCUT2D eigenvalue weighted by atomic mass is 79.9. The SMILES string of the molecule is Cc1cc(Br)c(O)c(NC(=O)C2OCCc3ccccc32)c1. The number of halogens is 1. The van der Waals surface area contributed by atoms with Gasteiger partial charge < -0.3 is 15.2 Å². The van der Waals surface area contributed by atoms with E-state index in [9.17, 15) is 9.90 Å². The number of carbonyl (C=O) groups is 1. The largest absolute Gasteiger partial charge is 0.505 e. The Hall–Kier alpha value is -1.85. The number of aryl methyl sites for hydroxylation is 1. The highest BCUT2D eigenvalue weighted by molar-refractivity contribution is 9.10. The predicted octanol–water partition coefficient (Wildman–Crippen LogP) is 3.72. The Morgan fingerprint density at radius 3 is 2.95 bits per heavy atom. The average molecular weight is 362 g/mol. The molecule has 5 heteroatoms. The summed E-state index contributed by atoms with van der Waals surface area (Å²) in [6.45, 7) is 2.41. The monoisotopic (exact) mass is 361 g/mol. The molecule has 4 nitrogen and oxygen atoms in total. The standard InChI is InChI=1S/C17H16BrNO3/c1-10-8-13(18)15(20)14(9-10)19-17(21)16-12-5-3-2-4-11(12)6-7-22-16/h2-5,8-9,16,20H,6-7H2,1H3,(H,19,21). The summed E-state index contributed by atoms with van der Waals surface area (Å²) < 4.78 is 6.18. The van der Waals surface area contributed by atoms with Crippen LogP contribution in [0.15, 0.2) is 40.9 Å². The van der Waals surface area contributed by atoms with E-state index in [-0.39, 0.29) is 11.7 Å². The topological polar surface area (TPSA) is 58.6 Å². The predicted molar refractivity (Wildman–Crippen MR) is 88.0 cm³/mol. The summed E-state index contributed by atoms with van der Waals surface area (Å²) in [5, 5.41) is 12.8. The van der Waals surface area contributed by atoms with Crippen molar-refractivity contribution in [3.8, 4) is 5.75 Å². The van der Waals surface area contributed by atoms with Crippen LogP contribution in [0.3, 0.4) is 0 Å². The van der Waals surface area contributed by atoms with Gasteiger partial charge in [0.05, 0.1) is 16.8 Å². The lowest BCUT2D eigenvalue weighted by Crippen LogP contribution is -2.28. The van der Waals surface area contributed by atoms with Gasteiger partial charge in [-0.25, -0.2) is 0 Å². The Balaban J connectivity index is 1.88. The second-order valence-corrected chi connectivity index (χ2v) is 6.19. The number of anilines is 1. The van der Waals surface area contributed by atoms with E-state index in [0.717, 1.165) is 23.1 Å². The van der Waals surface area contributed by atoms with E-state index in [2.05, 4.69) is 21.2 Å². The van der Waals surface area contributed by atoms with Crippen molar-refractivity contribution in [3.63, 3.8) is 0 Å². The molecule has 1 amide bonds. The number of nitrogens with one attached hydrogen (secondary N) is 1. The zero-order valence-electron chi connectivity index (χ0n) is 12.1. The van der Waals surface area contributed by atoms with Crippen molar-refractivity contribution in [1.29, 1.82) is 0 Å². The molecule has 2 aromatic rings. The first-order chi connectivity index (χ1) is 10.6. The molecule has 22 heavy (non-hydrogen) atoms. The first-order valence-corrected chi connectivity index (χ1v) is 7.85. The number of ether oxygens (including phenoxy) is 1. The van der Waals surface area contributed by atoms with Gasteiger partial charge in [0.15, 0.2) is 11.9 Å². The van der Waals surface area contributed by atoms with Crippen LogP contribution in [0.5, 0.6) is 5.75 Å². The van der Waals surface area contributed by atoms with Crippen LogP contribution in [0.4, 0.5) is 5.69 Å². The fraction of sp³-hybridized carbons (Fsp3) is 0.235. The fourth-order valence-electron chi connectivity index (χ4n) is 2.64. The first-order valence-electron chi connectivity index (χ1n) is 7.05. The molecule has 0 saturated carbocycles. The average Bonchev–Trinajstić information content (AvgIpc) is 2.51. The maximum absolute atomic E-state index is 12.5. The summed E-state index contributed by atoms with van der Waals surface area (Å²) in [6, 6.07) is 11.3. The van der Waals surface area contributed by atoms with Gasteiger partial charge in [-0.1, -0.05) is 24.3 Å². The van der Waals surface area contributed by atoms with Gasteiger partial charge in [-0.3, -0.25) is 4.79 Å². The maximum Gasteiger partial charge on any atom is 0.258 e. The van der Waals surface area contributed by atoms with Crippen molar-refractivity contribution in [2.45, 2.75) is 19.4 Å². The Morgan fingerprint density at radius 1 is 1.36 bits per heavy atom. The lowest BCUT2D eigenvalue weighted by atomic mass is 9.97. The van der Waals surface area contributed by atoms with Crippen LogP contribution in [-0.2, 0) is 16.0 Å². The summed E-state index contributed by atoms with van der Waals surface area (Å²) in [5.41, 5.74) is 3.33. The number of phenols is 1. The van der Waals surface area contributed by atoms with Crippen LogP contribution in [0, 0.1) is 6.92 Å². The Morgan fingerprint density at radius 2 is 2.14 bits per heavy atom. The van der Waals surface area contributed by atoms with Crippen molar-refractivity contribution in [2.75, 3.05) is 11.9 Å². The maximum atomic E-state index is 12.5. The molecule has 0 saturated heterocycles. The molecule has 0 aliphatic carbocycles. The smallest absolute Gasteiger partial charge is 0.258 e. The molecule has 3 rings (SSSR count). The van der Waals surface area contributed by atoms with Crippen LogP contribution in [0.1, 0.15) is 22.8 Å². The van der Waals surface area contributed by atoms with E-state index in [1.165, 1.54) is 0 Å². The summed E-state index contributed by atoms with van der Waals surface area (Å²) in [5.74, 6) is -0.261. The molecule has 2 N–H and O–H groups in total. The molecule has 1 aliphatic rings. The number of carbonyl (C=O) groups excluding carboxylic acids is 1. The zero-order chi connectivity index (χ0) is 15.7. The van der Waals surface area contributed by atoms with Crippen LogP contribution >= 0.6 is 15.9 Å². The van der Waals surface area contributed by atoms with E-state index >= 15 is 0 Å². The first kappa shape index (κ1) is 15.1. The van der Waals surface area contributed by atoms with Crippen molar-refractivity contribution >= 4 is 27.5 Å². The quantitative estimate of drug-likeness (QED) is 0.801. The van der Waals surface area contributed by atoms with Gasteiger partial charge in [0.25, 0.3) is 5.91 Å². The molecule has 0 radical (unpaired) electrons. The van der Waals surface area contributed by atoms with Crippen LogP contribution in [-0.4, -0.2) is 17.6 Å². The third-order valence-electron chi connectivity index (χ3n) is 3.70. The molecule has 0 fully saturated rings. The minimum absolute atomic E-state index is 0.0167. The molecule has 0 aromatic heterocycles. The van der Waals surface area contributed by atoms with Crippen molar-refractivity contribution in [2.24, 2.45) is 0 Å². The molecule has 1 aliphatic heterocycles. The third kappa shape index (κ3) is 2.87. The number of hydrogen-bond acceptors (Lipinski definition) is 3. The summed E-state index contributed by atoms with van der Waals surface area (Å²) in [7, 11) is 0. The van der Waals surface area contributed by atoms with Gasteiger partial charge in [-0.15, -0.1) is 0 Å². The van der Waals surface area contributed by atoms with Crippen LogP contribution in [0.25, 0.3) is 0 Å². The van der Waals surface area contributed by atoms with E-state index in [0.29, 0.717) is 16.8 Å². The number of rotatable bonds is 2. The van der Waals surface area contributed by atoms with E-state index in [4.69, 9.17) is 4.74 Å². The number of fused-ring (bicyclic) bond motifs is 1. The highest BCUT2D eigenvalue weighted by Crippen LogP contribution is 2.35. The minimum atomic E-state index is -0.649.